The molecule has 1 aliphatic rings. The van der Waals surface area contributed by atoms with Crippen LogP contribution in [0.15, 0.2) is 12.1 Å². The summed E-state index contributed by atoms with van der Waals surface area (Å²) in [5.41, 5.74) is 2.72. The summed E-state index contributed by atoms with van der Waals surface area (Å²) < 4.78 is 5.52. The molecule has 1 N–H and O–H groups in total. The monoisotopic (exact) mass is 275 g/mol. The van der Waals surface area contributed by atoms with E-state index in [0.717, 1.165) is 54.8 Å². The highest BCUT2D eigenvalue weighted by atomic mass is 16.5. The van der Waals surface area contributed by atoms with Gasteiger partial charge in [-0.3, -0.25) is 4.79 Å². The van der Waals surface area contributed by atoms with Crippen LogP contribution in [0.3, 0.4) is 0 Å². The number of Topliss-reactive ketones (excluding diaryl/α,β-unsaturated/α-hetero) is 1. The van der Waals surface area contributed by atoms with Crippen molar-refractivity contribution in [2.24, 2.45) is 5.41 Å². The van der Waals surface area contributed by atoms with Crippen molar-refractivity contribution in [1.82, 2.24) is 5.32 Å². The zero-order valence-electron chi connectivity index (χ0n) is 13.0. The number of carbonyl (C=O) groups is 1. The minimum atomic E-state index is -0.246. The van der Waals surface area contributed by atoms with E-state index in [1.165, 1.54) is 0 Å². The van der Waals surface area contributed by atoms with Crippen molar-refractivity contribution in [1.29, 1.82) is 0 Å². The van der Waals surface area contributed by atoms with Crippen molar-refractivity contribution in [3.63, 3.8) is 0 Å². The number of ketones is 1. The maximum atomic E-state index is 13.1. The van der Waals surface area contributed by atoms with Crippen LogP contribution in [0.4, 0.5) is 0 Å². The van der Waals surface area contributed by atoms with Crippen LogP contribution in [0.25, 0.3) is 0 Å². The molecule has 3 nitrogen and oxygen atoms in total. The summed E-state index contributed by atoms with van der Waals surface area (Å²) >= 11 is 0. The highest BCUT2D eigenvalue weighted by Crippen LogP contribution is 2.38. The number of hydrogen-bond acceptors (Lipinski definition) is 3. The average molecular weight is 275 g/mol. The molecule has 1 heterocycles. The first-order chi connectivity index (χ1) is 9.55. The van der Waals surface area contributed by atoms with Crippen LogP contribution in [0, 0.1) is 19.3 Å². The fourth-order valence-electron chi connectivity index (χ4n) is 3.26. The van der Waals surface area contributed by atoms with E-state index in [1.807, 2.05) is 26.0 Å². The Morgan fingerprint density at radius 3 is 2.70 bits per heavy atom. The molecule has 20 heavy (non-hydrogen) atoms. The minimum Gasteiger partial charge on any atom is -0.496 e. The third kappa shape index (κ3) is 2.47. The Morgan fingerprint density at radius 2 is 2.15 bits per heavy atom. The average Bonchev–Trinajstić information content (AvgIpc) is 2.91. The standard InChI is InChI=1S/C17H25NO2/c1-5-8-17(9-10-18-11-17)16(19)14-7-6-12(2)13(3)15(14)20-4/h6-7,18H,5,8-11H2,1-4H3. The summed E-state index contributed by atoms with van der Waals surface area (Å²) in [6.07, 6.45) is 2.89. The normalized spacial score (nSPS) is 22.0. The summed E-state index contributed by atoms with van der Waals surface area (Å²) in [4.78, 5) is 13.1. The van der Waals surface area contributed by atoms with E-state index in [1.54, 1.807) is 7.11 Å². The lowest BCUT2D eigenvalue weighted by Gasteiger charge is -2.27. The number of carbonyl (C=O) groups excluding carboxylic acids is 1. The Hall–Kier alpha value is -1.35. The molecule has 110 valence electrons. The molecule has 1 saturated heterocycles. The Labute approximate surface area is 121 Å². The van der Waals surface area contributed by atoms with Crippen LogP contribution in [0.1, 0.15) is 47.7 Å². The number of rotatable bonds is 5. The summed E-state index contributed by atoms with van der Waals surface area (Å²) in [5.74, 6) is 0.988. The van der Waals surface area contributed by atoms with Crippen molar-refractivity contribution in [3.05, 3.63) is 28.8 Å². The maximum absolute atomic E-state index is 13.1. The molecule has 2 rings (SSSR count). The van der Waals surface area contributed by atoms with Crippen molar-refractivity contribution >= 4 is 5.78 Å². The first-order valence-electron chi connectivity index (χ1n) is 7.45. The first-order valence-corrected chi connectivity index (χ1v) is 7.45. The number of aryl methyl sites for hydroxylation is 1. The zero-order chi connectivity index (χ0) is 14.8. The van der Waals surface area contributed by atoms with Crippen molar-refractivity contribution < 1.29 is 9.53 Å². The molecule has 0 aromatic heterocycles. The Bertz CT molecular complexity index is 502. The topological polar surface area (TPSA) is 38.3 Å². The molecule has 1 aromatic rings. The second-order valence-electron chi connectivity index (χ2n) is 5.87. The SMILES string of the molecule is CCCC1(C(=O)c2ccc(C)c(C)c2OC)CCNC1. The van der Waals surface area contributed by atoms with Gasteiger partial charge in [-0.25, -0.2) is 0 Å². The predicted octanol–water partition coefficient (Wildman–Crippen LogP) is 3.27. The molecule has 0 spiro atoms. The van der Waals surface area contributed by atoms with E-state index < -0.39 is 0 Å². The number of hydrogen-bond donors (Lipinski definition) is 1. The van der Waals surface area contributed by atoms with Gasteiger partial charge in [0.05, 0.1) is 12.7 Å². The molecule has 1 unspecified atom stereocenters. The summed E-state index contributed by atoms with van der Waals surface area (Å²) in [5, 5.41) is 3.35. The van der Waals surface area contributed by atoms with Crippen LogP contribution in [-0.2, 0) is 0 Å². The molecule has 0 bridgehead atoms. The van der Waals surface area contributed by atoms with E-state index in [0.29, 0.717) is 0 Å². The van der Waals surface area contributed by atoms with Gasteiger partial charge < -0.3 is 10.1 Å². The van der Waals surface area contributed by atoms with Crippen LogP contribution in [0.5, 0.6) is 5.75 Å². The van der Waals surface area contributed by atoms with Gasteiger partial charge in [-0.05, 0) is 50.4 Å². The lowest BCUT2D eigenvalue weighted by molar-refractivity contribution is 0.0798. The minimum absolute atomic E-state index is 0.240. The van der Waals surface area contributed by atoms with Gasteiger partial charge in [0.2, 0.25) is 0 Å². The summed E-state index contributed by atoms with van der Waals surface area (Å²) in [6, 6.07) is 3.95. The molecular formula is C17H25NO2. The van der Waals surface area contributed by atoms with Gasteiger partial charge in [-0.2, -0.15) is 0 Å². The second-order valence-corrected chi connectivity index (χ2v) is 5.87. The molecule has 1 aliphatic heterocycles. The smallest absolute Gasteiger partial charge is 0.174 e. The van der Waals surface area contributed by atoms with E-state index in [-0.39, 0.29) is 11.2 Å². The summed E-state index contributed by atoms with van der Waals surface area (Å²) in [6.45, 7) is 7.93. The Balaban J connectivity index is 2.44. The van der Waals surface area contributed by atoms with Crippen LogP contribution in [0.2, 0.25) is 0 Å². The Morgan fingerprint density at radius 1 is 1.40 bits per heavy atom. The van der Waals surface area contributed by atoms with Crippen LogP contribution < -0.4 is 10.1 Å². The molecule has 0 saturated carbocycles. The number of ether oxygens (including phenoxy) is 1. The predicted molar refractivity (Wildman–Crippen MR) is 81.6 cm³/mol. The quantitative estimate of drug-likeness (QED) is 0.838. The van der Waals surface area contributed by atoms with Gasteiger partial charge in [0.15, 0.2) is 5.78 Å². The third-order valence-corrected chi connectivity index (χ3v) is 4.58. The highest BCUT2D eigenvalue weighted by molar-refractivity contribution is 6.03. The van der Waals surface area contributed by atoms with Gasteiger partial charge in [0.25, 0.3) is 0 Å². The lowest BCUT2D eigenvalue weighted by atomic mass is 9.75. The molecule has 1 atom stereocenters. The van der Waals surface area contributed by atoms with Gasteiger partial charge in [0.1, 0.15) is 5.75 Å². The molecule has 1 fully saturated rings. The van der Waals surface area contributed by atoms with E-state index in [2.05, 4.69) is 12.2 Å². The molecule has 0 aliphatic carbocycles. The van der Waals surface area contributed by atoms with Crippen molar-refractivity contribution in [2.75, 3.05) is 20.2 Å². The fraction of sp³-hybridized carbons (Fsp3) is 0.588. The zero-order valence-corrected chi connectivity index (χ0v) is 13.0. The van der Waals surface area contributed by atoms with E-state index in [4.69, 9.17) is 4.74 Å². The largest absolute Gasteiger partial charge is 0.496 e. The first kappa shape index (κ1) is 15.0. The van der Waals surface area contributed by atoms with Crippen molar-refractivity contribution in [2.45, 2.75) is 40.0 Å². The molecular weight excluding hydrogens is 250 g/mol. The van der Waals surface area contributed by atoms with Gasteiger partial charge in [0, 0.05) is 12.0 Å². The lowest BCUT2D eigenvalue weighted by Crippen LogP contribution is -2.34. The van der Waals surface area contributed by atoms with Gasteiger partial charge in [-0.15, -0.1) is 0 Å². The second kappa shape index (κ2) is 5.96. The van der Waals surface area contributed by atoms with E-state index >= 15 is 0 Å². The molecule has 3 heteroatoms. The van der Waals surface area contributed by atoms with Gasteiger partial charge >= 0.3 is 0 Å². The number of benzene rings is 1. The Kier molecular flexibility index (Phi) is 4.48. The summed E-state index contributed by atoms with van der Waals surface area (Å²) in [7, 11) is 1.65. The molecule has 1 aromatic carbocycles. The highest BCUT2D eigenvalue weighted by Gasteiger charge is 2.41. The van der Waals surface area contributed by atoms with Gasteiger partial charge in [-0.1, -0.05) is 19.4 Å². The maximum Gasteiger partial charge on any atom is 0.174 e. The van der Waals surface area contributed by atoms with Crippen LogP contribution in [-0.4, -0.2) is 26.0 Å². The molecule has 0 radical (unpaired) electrons. The fourth-order valence-corrected chi connectivity index (χ4v) is 3.26. The molecule has 0 amide bonds. The third-order valence-electron chi connectivity index (χ3n) is 4.58. The number of methoxy groups -OCH3 is 1. The van der Waals surface area contributed by atoms with Crippen molar-refractivity contribution in [3.8, 4) is 5.75 Å². The number of nitrogens with one attached hydrogen (secondary N) is 1. The van der Waals surface area contributed by atoms with E-state index in [9.17, 15) is 4.79 Å². The van der Waals surface area contributed by atoms with Crippen LogP contribution >= 0.6 is 0 Å².